The molecule has 1 N–H and O–H groups in total. The minimum absolute atomic E-state index is 0.0823. The van der Waals surface area contributed by atoms with Gasteiger partial charge in [-0.1, -0.05) is 45.0 Å². The van der Waals surface area contributed by atoms with Gasteiger partial charge in [0, 0.05) is 5.69 Å². The van der Waals surface area contributed by atoms with Gasteiger partial charge >= 0.3 is 5.97 Å². The molecule has 2 aromatic rings. The number of carbonyl (C=O) groups excluding carboxylic acids is 2. The second kappa shape index (κ2) is 8.52. The molecule has 138 valence electrons. The third kappa shape index (κ3) is 5.34. The van der Waals surface area contributed by atoms with Crippen LogP contribution in [0.4, 0.5) is 5.69 Å². The predicted molar refractivity (Wildman–Crippen MR) is 102 cm³/mol. The van der Waals surface area contributed by atoms with Crippen LogP contribution >= 0.6 is 0 Å². The fourth-order valence-electron chi connectivity index (χ4n) is 2.49. The zero-order chi connectivity index (χ0) is 19.2. The van der Waals surface area contributed by atoms with Crippen molar-refractivity contribution in [2.24, 2.45) is 0 Å². The highest BCUT2D eigenvalue weighted by Gasteiger charge is 2.19. The van der Waals surface area contributed by atoms with E-state index in [-0.39, 0.29) is 17.9 Å². The van der Waals surface area contributed by atoms with E-state index in [1.165, 1.54) is 0 Å². The van der Waals surface area contributed by atoms with Crippen LogP contribution in [0, 0.1) is 0 Å². The number of nitrogens with one attached hydrogen (secondary N) is 1. The first-order valence-electron chi connectivity index (χ1n) is 8.60. The molecule has 0 fully saturated rings. The van der Waals surface area contributed by atoms with Crippen LogP contribution in [0.5, 0.6) is 5.75 Å². The second-order valence-corrected chi connectivity index (χ2v) is 6.88. The topological polar surface area (TPSA) is 64.6 Å². The molecule has 0 atom stereocenters. The Balaban J connectivity index is 2.00. The van der Waals surface area contributed by atoms with Crippen molar-refractivity contribution in [2.45, 2.75) is 33.1 Å². The average molecular weight is 355 g/mol. The maximum atomic E-state index is 12.2. The van der Waals surface area contributed by atoms with E-state index < -0.39 is 5.97 Å². The summed E-state index contributed by atoms with van der Waals surface area (Å²) in [7, 11) is 0. The van der Waals surface area contributed by atoms with Crippen LogP contribution in [0.25, 0.3) is 0 Å². The molecule has 26 heavy (non-hydrogen) atoms. The van der Waals surface area contributed by atoms with Gasteiger partial charge in [0.25, 0.3) is 5.91 Å². The molecule has 0 bridgehead atoms. The molecule has 2 aromatic carbocycles. The number of ether oxygens (including phenoxy) is 2. The second-order valence-electron chi connectivity index (χ2n) is 6.88. The first-order chi connectivity index (χ1) is 12.3. The number of carbonyl (C=O) groups is 2. The number of rotatable bonds is 6. The molecule has 0 saturated heterocycles. The monoisotopic (exact) mass is 355 g/mol. The van der Waals surface area contributed by atoms with Crippen LogP contribution in [0.2, 0.25) is 0 Å². The molecule has 0 saturated carbocycles. The van der Waals surface area contributed by atoms with Crippen LogP contribution < -0.4 is 10.1 Å². The Morgan fingerprint density at radius 1 is 1.04 bits per heavy atom. The van der Waals surface area contributed by atoms with Crippen LogP contribution in [-0.2, 0) is 14.9 Å². The van der Waals surface area contributed by atoms with Gasteiger partial charge in [0.2, 0.25) is 0 Å². The molecule has 0 aliphatic rings. The van der Waals surface area contributed by atoms with Crippen LogP contribution in [0.15, 0.2) is 48.5 Å². The van der Waals surface area contributed by atoms with E-state index in [0.29, 0.717) is 23.6 Å². The molecule has 5 heteroatoms. The summed E-state index contributed by atoms with van der Waals surface area (Å²) in [6.45, 7) is 8.21. The van der Waals surface area contributed by atoms with E-state index >= 15 is 0 Å². The molecule has 0 spiro atoms. The molecule has 0 aliphatic heterocycles. The van der Waals surface area contributed by atoms with Crippen LogP contribution in [0.1, 0.15) is 43.6 Å². The van der Waals surface area contributed by atoms with E-state index in [2.05, 4.69) is 26.1 Å². The number of benzene rings is 2. The summed E-state index contributed by atoms with van der Waals surface area (Å²) in [5.74, 6) is -0.0240. The Labute approximate surface area is 154 Å². The summed E-state index contributed by atoms with van der Waals surface area (Å²) in [5.41, 5.74) is 1.87. The van der Waals surface area contributed by atoms with Crippen molar-refractivity contribution in [1.29, 1.82) is 0 Å². The van der Waals surface area contributed by atoms with Crippen molar-refractivity contribution < 1.29 is 19.1 Å². The Morgan fingerprint density at radius 3 is 2.46 bits per heavy atom. The minimum Gasteiger partial charge on any atom is -0.483 e. The van der Waals surface area contributed by atoms with Crippen molar-refractivity contribution in [2.75, 3.05) is 18.5 Å². The summed E-state index contributed by atoms with van der Waals surface area (Å²) in [4.78, 5) is 24.0. The summed E-state index contributed by atoms with van der Waals surface area (Å²) < 4.78 is 10.7. The maximum absolute atomic E-state index is 12.2. The summed E-state index contributed by atoms with van der Waals surface area (Å²) in [5, 5.41) is 2.74. The Kier molecular flexibility index (Phi) is 6.39. The van der Waals surface area contributed by atoms with Gasteiger partial charge in [0.05, 0.1) is 12.2 Å². The number of esters is 1. The zero-order valence-electron chi connectivity index (χ0n) is 15.7. The van der Waals surface area contributed by atoms with Gasteiger partial charge in [-0.15, -0.1) is 0 Å². The first-order valence-corrected chi connectivity index (χ1v) is 8.60. The van der Waals surface area contributed by atoms with Gasteiger partial charge in [0.1, 0.15) is 5.75 Å². The summed E-state index contributed by atoms with van der Waals surface area (Å²) in [6.07, 6.45) is 0. The van der Waals surface area contributed by atoms with Gasteiger partial charge in [-0.2, -0.15) is 0 Å². The lowest BCUT2D eigenvalue weighted by Gasteiger charge is -2.22. The summed E-state index contributed by atoms with van der Waals surface area (Å²) in [6, 6.07) is 14.3. The Morgan fingerprint density at radius 2 is 1.77 bits per heavy atom. The predicted octanol–water partition coefficient (Wildman–Crippen LogP) is 4.18. The highest BCUT2D eigenvalue weighted by atomic mass is 16.5. The number of anilines is 1. The number of amides is 1. The fraction of sp³-hybridized carbons (Fsp3) is 0.333. The standard InChI is InChI=1S/C21H25NO4/c1-5-25-20(24)15-9-8-10-16(13-15)22-19(23)14-26-18-12-7-6-11-17(18)21(2,3)4/h6-13H,5,14H2,1-4H3,(H,22,23). The third-order valence-electron chi connectivity index (χ3n) is 3.71. The molecule has 0 heterocycles. The quantitative estimate of drug-likeness (QED) is 0.790. The first kappa shape index (κ1) is 19.5. The van der Waals surface area contributed by atoms with Gasteiger partial charge < -0.3 is 14.8 Å². The average Bonchev–Trinajstić information content (AvgIpc) is 2.60. The molecule has 2 rings (SSSR count). The maximum Gasteiger partial charge on any atom is 0.338 e. The smallest absolute Gasteiger partial charge is 0.338 e. The van der Waals surface area contributed by atoms with Crippen LogP contribution in [-0.4, -0.2) is 25.1 Å². The number of para-hydroxylation sites is 1. The zero-order valence-corrected chi connectivity index (χ0v) is 15.7. The van der Waals surface area contributed by atoms with Gasteiger partial charge in [-0.05, 0) is 42.2 Å². The lowest BCUT2D eigenvalue weighted by atomic mass is 9.86. The lowest BCUT2D eigenvalue weighted by molar-refractivity contribution is -0.118. The number of hydrogen-bond acceptors (Lipinski definition) is 4. The highest BCUT2D eigenvalue weighted by Crippen LogP contribution is 2.30. The third-order valence-corrected chi connectivity index (χ3v) is 3.71. The normalized spacial score (nSPS) is 10.9. The molecule has 0 aliphatic carbocycles. The van der Waals surface area contributed by atoms with E-state index in [1.54, 1.807) is 31.2 Å². The molecule has 0 aromatic heterocycles. The van der Waals surface area contributed by atoms with E-state index in [0.717, 1.165) is 5.56 Å². The van der Waals surface area contributed by atoms with E-state index in [9.17, 15) is 9.59 Å². The lowest BCUT2D eigenvalue weighted by Crippen LogP contribution is -2.22. The van der Waals surface area contributed by atoms with Crippen molar-refractivity contribution >= 4 is 17.6 Å². The van der Waals surface area contributed by atoms with Gasteiger partial charge in [-0.3, -0.25) is 4.79 Å². The molecule has 5 nitrogen and oxygen atoms in total. The largest absolute Gasteiger partial charge is 0.483 e. The fourth-order valence-corrected chi connectivity index (χ4v) is 2.49. The Hall–Kier alpha value is -2.82. The molecule has 0 radical (unpaired) electrons. The highest BCUT2D eigenvalue weighted by molar-refractivity contribution is 5.95. The molecular weight excluding hydrogens is 330 g/mol. The van der Waals surface area contributed by atoms with Crippen molar-refractivity contribution in [3.63, 3.8) is 0 Å². The van der Waals surface area contributed by atoms with Crippen molar-refractivity contribution in [3.05, 3.63) is 59.7 Å². The molecule has 0 unspecified atom stereocenters. The van der Waals surface area contributed by atoms with Crippen molar-refractivity contribution in [1.82, 2.24) is 0 Å². The van der Waals surface area contributed by atoms with E-state index in [4.69, 9.17) is 9.47 Å². The molecule has 1 amide bonds. The van der Waals surface area contributed by atoms with Gasteiger partial charge in [0.15, 0.2) is 6.61 Å². The van der Waals surface area contributed by atoms with Crippen LogP contribution in [0.3, 0.4) is 0 Å². The SMILES string of the molecule is CCOC(=O)c1cccc(NC(=O)COc2ccccc2C(C)(C)C)c1. The van der Waals surface area contributed by atoms with Crippen molar-refractivity contribution in [3.8, 4) is 5.75 Å². The summed E-state index contributed by atoms with van der Waals surface area (Å²) >= 11 is 0. The minimum atomic E-state index is -0.418. The number of hydrogen-bond donors (Lipinski definition) is 1. The van der Waals surface area contributed by atoms with Gasteiger partial charge in [-0.25, -0.2) is 4.79 Å². The van der Waals surface area contributed by atoms with E-state index in [1.807, 2.05) is 24.3 Å². The Bertz CT molecular complexity index is 778. The molecular formula is C21H25NO4.